The molecule has 0 aliphatic carbocycles. The normalized spacial score (nSPS) is 23.6. The summed E-state index contributed by atoms with van der Waals surface area (Å²) in [4.78, 5) is 21.8. The van der Waals surface area contributed by atoms with Gasteiger partial charge < -0.3 is 25.2 Å². The molecule has 103 valence electrons. The number of hydrogen-bond acceptors (Lipinski definition) is 6. The number of carbonyl (C=O) groups is 2. The Labute approximate surface area is 104 Å². The molecule has 1 heterocycles. The molecule has 18 heavy (non-hydrogen) atoms. The van der Waals surface area contributed by atoms with Gasteiger partial charge in [0.2, 0.25) is 0 Å². The average Bonchev–Trinajstić information content (AvgIpc) is 3.15. The molecule has 8 nitrogen and oxygen atoms in total. The number of aliphatic hydroxyl groups is 4. The average molecular weight is 262 g/mol. The van der Waals surface area contributed by atoms with Crippen molar-refractivity contribution in [1.82, 2.24) is 5.43 Å². The van der Waals surface area contributed by atoms with Crippen LogP contribution in [-0.4, -0.2) is 81.3 Å². The van der Waals surface area contributed by atoms with Crippen LogP contribution in [0.25, 0.3) is 0 Å². The lowest BCUT2D eigenvalue weighted by molar-refractivity contribution is -0.832. The molecule has 1 amide bonds. The van der Waals surface area contributed by atoms with Crippen molar-refractivity contribution in [2.24, 2.45) is 0 Å². The van der Waals surface area contributed by atoms with Gasteiger partial charge in [0.25, 0.3) is 5.91 Å². The quantitative estimate of drug-likeness (QED) is 0.183. The topological polar surface area (TPSA) is 127 Å². The number of aliphatic hydroxyl groups excluding tert-OH is 4. The summed E-state index contributed by atoms with van der Waals surface area (Å²) in [5.41, 5.74) is 2.45. The number of nitrogens with zero attached hydrogens (tertiary/aromatic N) is 1. The Kier molecular flexibility index (Phi) is 4.77. The number of amides is 1. The molecule has 1 radical (unpaired) electrons. The monoisotopic (exact) mass is 262 g/mol. The molecule has 1 rings (SSSR count). The van der Waals surface area contributed by atoms with E-state index in [1.54, 1.807) is 0 Å². The van der Waals surface area contributed by atoms with Gasteiger partial charge >= 0.3 is 0 Å². The van der Waals surface area contributed by atoms with Crippen LogP contribution in [0.1, 0.15) is 0 Å². The first-order valence-corrected chi connectivity index (χ1v) is 5.52. The van der Waals surface area contributed by atoms with Gasteiger partial charge in [0.15, 0.2) is 25.5 Å². The Morgan fingerprint density at radius 1 is 1.28 bits per heavy atom. The van der Waals surface area contributed by atoms with E-state index in [2.05, 4.69) is 12.3 Å². The molecule has 0 aromatic heterocycles. The highest BCUT2D eigenvalue weighted by Crippen LogP contribution is 2.16. The maximum absolute atomic E-state index is 11.6. The van der Waals surface area contributed by atoms with Crippen LogP contribution >= 0.6 is 0 Å². The summed E-state index contributed by atoms with van der Waals surface area (Å²) in [6, 6.07) is 0. The summed E-state index contributed by atoms with van der Waals surface area (Å²) < 4.78 is 0.203. The highest BCUT2D eigenvalue weighted by molar-refractivity contribution is 5.80. The molecule has 1 fully saturated rings. The minimum atomic E-state index is -1.95. The van der Waals surface area contributed by atoms with Gasteiger partial charge in [-0.05, 0) is 0 Å². The Balaban J connectivity index is 2.54. The van der Waals surface area contributed by atoms with Crippen molar-refractivity contribution in [3.8, 4) is 0 Å². The van der Waals surface area contributed by atoms with Crippen molar-refractivity contribution in [2.45, 2.75) is 24.4 Å². The first-order chi connectivity index (χ1) is 8.37. The van der Waals surface area contributed by atoms with Crippen molar-refractivity contribution in [2.75, 3.05) is 19.6 Å². The van der Waals surface area contributed by atoms with E-state index >= 15 is 0 Å². The smallest absolute Gasteiger partial charge is 0.296 e. The molecule has 0 saturated carbocycles. The van der Waals surface area contributed by atoms with Gasteiger partial charge in [0, 0.05) is 6.92 Å². The van der Waals surface area contributed by atoms with Crippen LogP contribution < -0.4 is 5.43 Å². The largest absolute Gasteiger partial charge is 0.387 e. The van der Waals surface area contributed by atoms with Gasteiger partial charge in [-0.2, -0.15) is 5.43 Å². The molecule has 0 unspecified atom stereocenters. The van der Waals surface area contributed by atoms with E-state index in [1.807, 2.05) is 0 Å². The lowest BCUT2D eigenvalue weighted by Gasteiger charge is -2.25. The lowest BCUT2D eigenvalue weighted by atomic mass is 10.0. The molecule has 5 N–H and O–H groups in total. The van der Waals surface area contributed by atoms with Gasteiger partial charge in [-0.25, -0.2) is 4.59 Å². The number of quaternary nitrogens is 1. The Bertz CT molecular complexity index is 319. The molecule has 0 aromatic carbocycles. The van der Waals surface area contributed by atoms with E-state index in [9.17, 15) is 24.9 Å². The maximum atomic E-state index is 11.6. The Hall–Kier alpha value is -1.06. The summed E-state index contributed by atoms with van der Waals surface area (Å²) in [6.07, 6.45) is -7.66. The summed E-state index contributed by atoms with van der Waals surface area (Å²) in [5.74, 6) is -0.888. The highest BCUT2D eigenvalue weighted by atomic mass is 16.4. The SMILES string of the molecule is [CH2]C[N+]1(NC(=O)[C@@H](O)[C@@H](O)[C@H](O)[C@H](O)C=O)CC1. The number of rotatable bonds is 7. The van der Waals surface area contributed by atoms with Crippen molar-refractivity contribution in [3.05, 3.63) is 6.92 Å². The van der Waals surface area contributed by atoms with Crippen LogP contribution in [0.2, 0.25) is 0 Å². The molecule has 8 heteroatoms. The van der Waals surface area contributed by atoms with E-state index in [4.69, 9.17) is 5.11 Å². The fraction of sp³-hybridized carbons (Fsp3) is 0.700. The van der Waals surface area contributed by atoms with E-state index in [1.165, 1.54) is 0 Å². The van der Waals surface area contributed by atoms with Gasteiger partial charge in [0.1, 0.15) is 24.9 Å². The zero-order chi connectivity index (χ0) is 13.9. The zero-order valence-corrected chi connectivity index (χ0v) is 9.77. The molecule has 4 atom stereocenters. The number of hydrogen-bond donors (Lipinski definition) is 5. The van der Waals surface area contributed by atoms with E-state index in [0.717, 1.165) is 0 Å². The Morgan fingerprint density at radius 3 is 2.22 bits per heavy atom. The number of carbonyl (C=O) groups excluding carboxylic acids is 2. The van der Waals surface area contributed by atoms with Crippen molar-refractivity contribution in [3.63, 3.8) is 0 Å². The molecule has 0 aromatic rings. The third-order valence-electron chi connectivity index (χ3n) is 2.97. The molecule has 1 aliphatic heterocycles. The first kappa shape index (κ1) is 15.0. The molecule has 1 saturated heterocycles. The second kappa shape index (κ2) is 5.72. The molecular weight excluding hydrogens is 244 g/mol. The van der Waals surface area contributed by atoms with Crippen LogP contribution in [-0.2, 0) is 9.59 Å². The van der Waals surface area contributed by atoms with Crippen LogP contribution in [0.5, 0.6) is 0 Å². The number of nitrogens with one attached hydrogen (secondary N) is 1. The van der Waals surface area contributed by atoms with Crippen LogP contribution in [0, 0.1) is 6.92 Å². The second-order valence-electron chi connectivity index (χ2n) is 4.34. The zero-order valence-electron chi connectivity index (χ0n) is 9.77. The summed E-state index contributed by atoms with van der Waals surface area (Å²) in [6.45, 7) is 5.38. The highest BCUT2D eigenvalue weighted by Gasteiger charge is 2.45. The third-order valence-corrected chi connectivity index (χ3v) is 2.97. The summed E-state index contributed by atoms with van der Waals surface area (Å²) in [7, 11) is 0. The third kappa shape index (κ3) is 3.24. The second-order valence-corrected chi connectivity index (χ2v) is 4.34. The van der Waals surface area contributed by atoms with E-state index in [0.29, 0.717) is 19.6 Å². The van der Waals surface area contributed by atoms with Gasteiger partial charge in [0.05, 0.1) is 0 Å². The van der Waals surface area contributed by atoms with Gasteiger partial charge in [-0.1, -0.05) is 0 Å². The van der Waals surface area contributed by atoms with Crippen molar-refractivity contribution < 1.29 is 34.6 Å². The maximum Gasteiger partial charge on any atom is 0.296 e. The van der Waals surface area contributed by atoms with Crippen LogP contribution in [0.3, 0.4) is 0 Å². The van der Waals surface area contributed by atoms with Crippen molar-refractivity contribution >= 4 is 12.2 Å². The predicted octanol–water partition coefficient (Wildman–Crippen LogP) is -3.68. The number of aldehydes is 1. The van der Waals surface area contributed by atoms with E-state index < -0.39 is 30.3 Å². The standard InChI is InChI=1S/C10H17N2O6/c1-2-12(3-4-12)11-10(18)9(17)8(16)7(15)6(14)5-13/h5-9,14-17H,1-4H2/p+1/t6-,7-,8+,9+/m1/s1. The molecular formula is C10H18N2O6+. The van der Waals surface area contributed by atoms with Gasteiger partial charge in [-0.15, -0.1) is 0 Å². The minimum Gasteiger partial charge on any atom is -0.387 e. The van der Waals surface area contributed by atoms with Gasteiger partial charge in [-0.3, -0.25) is 4.79 Å². The van der Waals surface area contributed by atoms with E-state index in [-0.39, 0.29) is 10.9 Å². The molecule has 0 spiro atoms. The summed E-state index contributed by atoms with van der Waals surface area (Å²) in [5, 5.41) is 37.2. The first-order valence-electron chi connectivity index (χ1n) is 5.52. The predicted molar refractivity (Wildman–Crippen MR) is 58.5 cm³/mol. The van der Waals surface area contributed by atoms with Crippen LogP contribution in [0.4, 0.5) is 0 Å². The summed E-state index contributed by atoms with van der Waals surface area (Å²) >= 11 is 0. The lowest BCUT2D eigenvalue weighted by Crippen LogP contribution is -2.55. The van der Waals surface area contributed by atoms with Crippen molar-refractivity contribution in [1.29, 1.82) is 0 Å². The van der Waals surface area contributed by atoms with Crippen LogP contribution in [0.15, 0.2) is 0 Å². The molecule has 0 bridgehead atoms. The Morgan fingerprint density at radius 2 is 1.83 bits per heavy atom. The molecule has 1 aliphatic rings. The minimum absolute atomic E-state index is 0.00686. The fourth-order valence-corrected chi connectivity index (χ4v) is 1.44. The fourth-order valence-electron chi connectivity index (χ4n) is 1.44.